The van der Waals surface area contributed by atoms with Crippen molar-refractivity contribution in [2.24, 2.45) is 5.73 Å². The van der Waals surface area contributed by atoms with Crippen molar-refractivity contribution in [1.29, 1.82) is 0 Å². The van der Waals surface area contributed by atoms with Crippen molar-refractivity contribution in [3.63, 3.8) is 0 Å². The Morgan fingerprint density at radius 3 is 1.30 bits per heavy atom. The van der Waals surface area contributed by atoms with Crippen LogP contribution in [0, 0.1) is 0 Å². The first kappa shape index (κ1) is 25.1. The zero-order valence-corrected chi connectivity index (χ0v) is 19.8. The van der Waals surface area contributed by atoms with Gasteiger partial charge in [0.05, 0.1) is 5.54 Å². The summed E-state index contributed by atoms with van der Waals surface area (Å²) in [6, 6.07) is 32.4. The lowest BCUT2D eigenvalue weighted by atomic mass is 9.77. The van der Waals surface area contributed by atoms with Crippen molar-refractivity contribution >= 4 is 0 Å². The van der Waals surface area contributed by atoms with E-state index in [0.717, 1.165) is 52.1 Å². The third-order valence-electron chi connectivity index (χ3n) is 6.06. The molecule has 4 nitrogen and oxygen atoms in total. The van der Waals surface area contributed by atoms with Crippen LogP contribution < -0.4 is 21.7 Å². The van der Waals surface area contributed by atoms with Gasteiger partial charge in [-0.25, -0.2) is 0 Å². The fraction of sp³-hybridized carbons (Fsp3) is 0.379. The van der Waals surface area contributed by atoms with E-state index in [1.54, 1.807) is 0 Å². The Hall–Kier alpha value is -2.50. The highest BCUT2D eigenvalue weighted by Crippen LogP contribution is 2.36. The molecule has 3 rings (SSSR count). The Morgan fingerprint density at radius 2 is 0.879 bits per heavy atom. The first-order chi connectivity index (χ1) is 16.4. The zero-order chi connectivity index (χ0) is 23.0. The summed E-state index contributed by atoms with van der Waals surface area (Å²) in [5, 5.41) is 11.0. The van der Waals surface area contributed by atoms with Crippen LogP contribution in [-0.4, -0.2) is 39.3 Å². The molecule has 0 bridgehead atoms. The molecule has 4 heteroatoms. The van der Waals surface area contributed by atoms with Crippen LogP contribution >= 0.6 is 0 Å². The Bertz CT molecular complexity index is 771. The molecule has 33 heavy (non-hydrogen) atoms. The van der Waals surface area contributed by atoms with Crippen molar-refractivity contribution in [2.75, 3.05) is 39.3 Å². The molecule has 0 heterocycles. The molecular formula is C29H40N4. The summed E-state index contributed by atoms with van der Waals surface area (Å²) in [6.45, 7) is 5.88. The lowest BCUT2D eigenvalue weighted by Crippen LogP contribution is -2.45. The number of benzene rings is 3. The molecule has 0 aromatic heterocycles. The van der Waals surface area contributed by atoms with Gasteiger partial charge in [-0.05, 0) is 81.6 Å². The summed E-state index contributed by atoms with van der Waals surface area (Å²) in [6.07, 6.45) is 4.53. The SMILES string of the molecule is NCCCNCCCCNCCCNC(c1ccccc1)(c1ccccc1)c1ccccc1. The van der Waals surface area contributed by atoms with E-state index in [-0.39, 0.29) is 5.54 Å². The number of rotatable bonds is 16. The van der Waals surface area contributed by atoms with Gasteiger partial charge in [-0.1, -0.05) is 91.0 Å². The molecule has 176 valence electrons. The van der Waals surface area contributed by atoms with Crippen molar-refractivity contribution in [3.8, 4) is 0 Å². The summed E-state index contributed by atoms with van der Waals surface area (Å²) >= 11 is 0. The zero-order valence-electron chi connectivity index (χ0n) is 19.8. The molecule has 0 spiro atoms. The van der Waals surface area contributed by atoms with Gasteiger partial charge in [-0.2, -0.15) is 0 Å². The normalized spacial score (nSPS) is 11.5. The maximum Gasteiger partial charge on any atom is 0.0947 e. The minimum atomic E-state index is -0.376. The molecule has 0 amide bonds. The van der Waals surface area contributed by atoms with Crippen LogP contribution in [0.1, 0.15) is 42.4 Å². The maximum atomic E-state index is 5.52. The molecule has 5 N–H and O–H groups in total. The van der Waals surface area contributed by atoms with E-state index in [2.05, 4.69) is 107 Å². The van der Waals surface area contributed by atoms with E-state index in [1.807, 2.05) is 0 Å². The number of hydrogen-bond donors (Lipinski definition) is 4. The summed E-state index contributed by atoms with van der Waals surface area (Å²) in [5.41, 5.74) is 8.93. The molecule has 0 radical (unpaired) electrons. The Morgan fingerprint density at radius 1 is 0.485 bits per heavy atom. The van der Waals surface area contributed by atoms with Crippen LogP contribution in [0.4, 0.5) is 0 Å². The van der Waals surface area contributed by atoms with E-state index in [9.17, 15) is 0 Å². The molecule has 0 fully saturated rings. The second-order valence-electron chi connectivity index (χ2n) is 8.48. The monoisotopic (exact) mass is 444 g/mol. The van der Waals surface area contributed by atoms with Gasteiger partial charge in [0, 0.05) is 0 Å². The standard InChI is InChI=1S/C29H40N4/c30-20-12-23-31-21-10-11-22-32-24-13-25-33-29(26-14-4-1-5-15-26,27-16-6-2-7-17-27)28-18-8-3-9-19-28/h1-9,14-19,31-33H,10-13,20-25,30H2. The lowest BCUT2D eigenvalue weighted by molar-refractivity contribution is 0.458. The van der Waals surface area contributed by atoms with Crippen molar-refractivity contribution in [3.05, 3.63) is 108 Å². The van der Waals surface area contributed by atoms with Crippen LogP contribution in [0.3, 0.4) is 0 Å². The highest BCUT2D eigenvalue weighted by Gasteiger charge is 2.35. The summed E-state index contributed by atoms with van der Waals surface area (Å²) in [7, 11) is 0. The van der Waals surface area contributed by atoms with Crippen LogP contribution in [0.15, 0.2) is 91.0 Å². The van der Waals surface area contributed by atoms with E-state index in [4.69, 9.17) is 5.73 Å². The molecule has 0 aliphatic heterocycles. The second-order valence-corrected chi connectivity index (χ2v) is 8.48. The van der Waals surface area contributed by atoms with Crippen LogP contribution in [-0.2, 0) is 5.54 Å². The van der Waals surface area contributed by atoms with Gasteiger partial charge in [0.2, 0.25) is 0 Å². The lowest BCUT2D eigenvalue weighted by Gasteiger charge is -2.37. The third-order valence-corrected chi connectivity index (χ3v) is 6.06. The van der Waals surface area contributed by atoms with Crippen LogP contribution in [0.2, 0.25) is 0 Å². The fourth-order valence-corrected chi connectivity index (χ4v) is 4.34. The highest BCUT2D eigenvalue weighted by molar-refractivity contribution is 5.49. The topological polar surface area (TPSA) is 62.1 Å². The summed E-state index contributed by atoms with van der Waals surface area (Å²) in [4.78, 5) is 0. The molecular weight excluding hydrogens is 404 g/mol. The van der Waals surface area contributed by atoms with Crippen molar-refractivity contribution < 1.29 is 0 Å². The first-order valence-corrected chi connectivity index (χ1v) is 12.4. The Labute approximate surface area is 200 Å². The molecule has 0 unspecified atom stereocenters. The van der Waals surface area contributed by atoms with E-state index < -0.39 is 0 Å². The minimum Gasteiger partial charge on any atom is -0.330 e. The van der Waals surface area contributed by atoms with Gasteiger partial charge in [0.25, 0.3) is 0 Å². The smallest absolute Gasteiger partial charge is 0.0947 e. The maximum absolute atomic E-state index is 5.52. The molecule has 0 aliphatic rings. The first-order valence-electron chi connectivity index (χ1n) is 12.4. The second kappa shape index (κ2) is 14.6. The number of unbranched alkanes of at least 4 members (excludes halogenated alkanes) is 1. The average molecular weight is 445 g/mol. The van der Waals surface area contributed by atoms with E-state index in [1.165, 1.54) is 29.5 Å². The van der Waals surface area contributed by atoms with Crippen LogP contribution in [0.25, 0.3) is 0 Å². The fourth-order valence-electron chi connectivity index (χ4n) is 4.34. The molecule has 0 atom stereocenters. The van der Waals surface area contributed by atoms with Gasteiger partial charge in [0.15, 0.2) is 0 Å². The van der Waals surface area contributed by atoms with Gasteiger partial charge in [-0.15, -0.1) is 0 Å². The highest BCUT2D eigenvalue weighted by atomic mass is 15.0. The number of nitrogens with two attached hydrogens (primary N) is 1. The number of nitrogens with one attached hydrogen (secondary N) is 3. The molecule has 0 saturated carbocycles. The molecule has 3 aromatic rings. The summed E-state index contributed by atoms with van der Waals surface area (Å²) < 4.78 is 0. The van der Waals surface area contributed by atoms with Gasteiger partial charge < -0.3 is 16.4 Å². The van der Waals surface area contributed by atoms with Gasteiger partial charge >= 0.3 is 0 Å². The predicted molar refractivity (Wildman–Crippen MR) is 140 cm³/mol. The van der Waals surface area contributed by atoms with Gasteiger partial charge in [0.1, 0.15) is 0 Å². The Kier molecular flexibility index (Phi) is 11.1. The summed E-state index contributed by atoms with van der Waals surface area (Å²) in [5.74, 6) is 0. The van der Waals surface area contributed by atoms with Crippen LogP contribution in [0.5, 0.6) is 0 Å². The third kappa shape index (κ3) is 7.51. The van der Waals surface area contributed by atoms with Crippen molar-refractivity contribution in [1.82, 2.24) is 16.0 Å². The Balaban J connectivity index is 1.59. The van der Waals surface area contributed by atoms with E-state index in [0.29, 0.717) is 0 Å². The van der Waals surface area contributed by atoms with Gasteiger partial charge in [-0.3, -0.25) is 5.32 Å². The molecule has 3 aromatic carbocycles. The average Bonchev–Trinajstić information content (AvgIpc) is 2.89. The molecule has 0 saturated heterocycles. The van der Waals surface area contributed by atoms with Crippen molar-refractivity contribution in [2.45, 2.75) is 31.2 Å². The predicted octanol–water partition coefficient (Wildman–Crippen LogP) is 4.27. The largest absolute Gasteiger partial charge is 0.330 e. The van der Waals surface area contributed by atoms with E-state index >= 15 is 0 Å². The number of hydrogen-bond acceptors (Lipinski definition) is 4. The quantitative estimate of drug-likeness (QED) is 0.197. The molecule has 0 aliphatic carbocycles. The minimum absolute atomic E-state index is 0.376.